The van der Waals surface area contributed by atoms with E-state index in [1.165, 1.54) is 4.90 Å². The Morgan fingerprint density at radius 1 is 0.875 bits per heavy atom. The van der Waals surface area contributed by atoms with Crippen LogP contribution >= 0.6 is 23.2 Å². The van der Waals surface area contributed by atoms with Crippen molar-refractivity contribution in [2.24, 2.45) is 5.92 Å². The van der Waals surface area contributed by atoms with Gasteiger partial charge in [-0.25, -0.2) is 9.96 Å². The van der Waals surface area contributed by atoms with Crippen LogP contribution in [0.2, 0.25) is 10.0 Å². The number of halogens is 2. The van der Waals surface area contributed by atoms with Crippen molar-refractivity contribution in [1.29, 1.82) is 0 Å². The normalized spacial score (nSPS) is 22.6. The lowest BCUT2D eigenvalue weighted by atomic mass is 9.90. The first kappa shape index (κ1) is 21.0. The maximum atomic E-state index is 13.7. The van der Waals surface area contributed by atoms with E-state index in [-0.39, 0.29) is 11.8 Å². The van der Waals surface area contributed by atoms with Crippen LogP contribution in [0.5, 0.6) is 0 Å². The van der Waals surface area contributed by atoms with E-state index in [0.29, 0.717) is 21.3 Å². The number of amides is 2. The number of imide groups is 1. The standard InChI is InChI=1S/C25H20Cl2N2O3/c1-14-8-11-20(15(2)12-14)28-24(30)21-22(18-10-9-16(26)13-19(18)27)29(32-23(21)25(28)31)17-6-4-3-5-7-17/h3-13,21-23H,1-2H3/t21-,22-,23-/m0/s1. The third-order valence-electron chi connectivity index (χ3n) is 6.00. The van der Waals surface area contributed by atoms with Crippen LogP contribution < -0.4 is 9.96 Å². The number of hydroxylamine groups is 1. The van der Waals surface area contributed by atoms with Crippen LogP contribution in [0.4, 0.5) is 11.4 Å². The maximum absolute atomic E-state index is 13.7. The van der Waals surface area contributed by atoms with E-state index in [0.717, 1.165) is 16.8 Å². The van der Waals surface area contributed by atoms with E-state index in [1.54, 1.807) is 29.3 Å². The number of fused-ring (bicyclic) bond motifs is 1. The van der Waals surface area contributed by atoms with Gasteiger partial charge in [0.15, 0.2) is 6.10 Å². The molecular weight excluding hydrogens is 447 g/mol. The Bertz CT molecular complexity index is 1230. The Hall–Kier alpha value is -2.86. The predicted molar refractivity (Wildman–Crippen MR) is 125 cm³/mol. The maximum Gasteiger partial charge on any atom is 0.266 e. The fourth-order valence-corrected chi connectivity index (χ4v) is 5.08. The summed E-state index contributed by atoms with van der Waals surface area (Å²) < 4.78 is 0. The number of hydrogen-bond donors (Lipinski definition) is 0. The molecule has 2 heterocycles. The first-order valence-electron chi connectivity index (χ1n) is 10.3. The minimum atomic E-state index is -0.944. The molecule has 32 heavy (non-hydrogen) atoms. The fourth-order valence-electron chi connectivity index (χ4n) is 4.56. The van der Waals surface area contributed by atoms with Crippen LogP contribution in [0.3, 0.4) is 0 Å². The minimum absolute atomic E-state index is 0.304. The van der Waals surface area contributed by atoms with Gasteiger partial charge >= 0.3 is 0 Å². The monoisotopic (exact) mass is 466 g/mol. The molecule has 162 valence electrons. The van der Waals surface area contributed by atoms with Crippen LogP contribution in [-0.4, -0.2) is 17.9 Å². The zero-order valence-electron chi connectivity index (χ0n) is 17.5. The highest BCUT2D eigenvalue weighted by Crippen LogP contribution is 2.49. The Morgan fingerprint density at radius 2 is 1.62 bits per heavy atom. The first-order valence-corrected chi connectivity index (χ1v) is 11.0. The molecule has 2 aliphatic heterocycles. The van der Waals surface area contributed by atoms with Crippen LogP contribution in [-0.2, 0) is 14.4 Å². The summed E-state index contributed by atoms with van der Waals surface area (Å²) in [5, 5.41) is 2.53. The summed E-state index contributed by atoms with van der Waals surface area (Å²) in [7, 11) is 0. The number of anilines is 2. The lowest BCUT2D eigenvalue weighted by molar-refractivity contribution is -0.126. The van der Waals surface area contributed by atoms with Crippen molar-refractivity contribution in [3.05, 3.63) is 93.5 Å². The molecule has 3 aromatic rings. The lowest BCUT2D eigenvalue weighted by Crippen LogP contribution is -2.37. The van der Waals surface area contributed by atoms with Crippen LogP contribution in [0.15, 0.2) is 66.7 Å². The molecule has 0 radical (unpaired) electrons. The molecule has 0 spiro atoms. The Morgan fingerprint density at radius 3 is 2.31 bits per heavy atom. The molecule has 3 atom stereocenters. The number of carbonyl (C=O) groups is 2. The number of para-hydroxylation sites is 1. The number of aryl methyl sites for hydroxylation is 2. The van der Waals surface area contributed by atoms with Crippen molar-refractivity contribution >= 4 is 46.4 Å². The van der Waals surface area contributed by atoms with Gasteiger partial charge in [-0.2, -0.15) is 0 Å². The van der Waals surface area contributed by atoms with E-state index < -0.39 is 18.1 Å². The van der Waals surface area contributed by atoms with Gasteiger partial charge in [-0.1, -0.05) is 65.2 Å². The quantitative estimate of drug-likeness (QED) is 0.467. The Kier molecular flexibility index (Phi) is 5.20. The molecule has 0 aromatic heterocycles. The highest BCUT2D eigenvalue weighted by Gasteiger charge is 2.60. The largest absolute Gasteiger partial charge is 0.273 e. The van der Waals surface area contributed by atoms with E-state index in [9.17, 15) is 9.59 Å². The number of carbonyl (C=O) groups excluding carboxylic acids is 2. The summed E-state index contributed by atoms with van der Waals surface area (Å²) in [6.45, 7) is 3.86. The Labute approximate surface area is 196 Å². The first-order chi connectivity index (χ1) is 15.4. The van der Waals surface area contributed by atoms with E-state index in [2.05, 4.69) is 0 Å². The van der Waals surface area contributed by atoms with Crippen molar-refractivity contribution in [1.82, 2.24) is 0 Å². The van der Waals surface area contributed by atoms with Gasteiger partial charge in [0.2, 0.25) is 5.91 Å². The molecule has 0 unspecified atom stereocenters. The van der Waals surface area contributed by atoms with E-state index in [4.69, 9.17) is 28.0 Å². The molecule has 2 saturated heterocycles. The molecule has 7 heteroatoms. The topological polar surface area (TPSA) is 49.9 Å². The number of benzene rings is 3. The van der Waals surface area contributed by atoms with Gasteiger partial charge in [-0.05, 0) is 55.3 Å². The second kappa shape index (κ2) is 7.93. The van der Waals surface area contributed by atoms with Gasteiger partial charge in [-0.3, -0.25) is 14.4 Å². The number of nitrogens with zero attached hydrogens (tertiary/aromatic N) is 2. The molecule has 0 aliphatic carbocycles. The molecule has 2 amide bonds. The molecule has 5 rings (SSSR count). The molecule has 2 fully saturated rings. The number of rotatable bonds is 3. The van der Waals surface area contributed by atoms with Crippen molar-refractivity contribution in [3.8, 4) is 0 Å². The molecular formula is C25H20Cl2N2O3. The van der Waals surface area contributed by atoms with Gasteiger partial charge < -0.3 is 0 Å². The van der Waals surface area contributed by atoms with E-state index in [1.807, 2.05) is 56.3 Å². The zero-order chi connectivity index (χ0) is 22.6. The van der Waals surface area contributed by atoms with E-state index >= 15 is 0 Å². The third kappa shape index (κ3) is 3.28. The van der Waals surface area contributed by atoms with Crippen molar-refractivity contribution in [3.63, 3.8) is 0 Å². The molecule has 0 saturated carbocycles. The van der Waals surface area contributed by atoms with Gasteiger partial charge in [0.25, 0.3) is 5.91 Å². The highest BCUT2D eigenvalue weighted by molar-refractivity contribution is 6.35. The average molecular weight is 467 g/mol. The van der Waals surface area contributed by atoms with Gasteiger partial charge in [0.1, 0.15) is 5.92 Å². The third-order valence-corrected chi connectivity index (χ3v) is 6.56. The summed E-state index contributed by atoms with van der Waals surface area (Å²) in [6, 6.07) is 19.6. The molecule has 0 N–H and O–H groups in total. The molecule has 0 bridgehead atoms. The zero-order valence-corrected chi connectivity index (χ0v) is 19.0. The average Bonchev–Trinajstić information content (AvgIpc) is 3.26. The summed E-state index contributed by atoms with van der Waals surface area (Å²) in [5.74, 6) is -1.43. The number of hydrogen-bond acceptors (Lipinski definition) is 4. The van der Waals surface area contributed by atoms with Crippen LogP contribution in [0.25, 0.3) is 0 Å². The van der Waals surface area contributed by atoms with Crippen molar-refractivity contribution in [2.45, 2.75) is 26.0 Å². The second-order valence-electron chi connectivity index (χ2n) is 8.13. The molecule has 2 aliphatic rings. The van der Waals surface area contributed by atoms with Gasteiger partial charge in [0, 0.05) is 10.0 Å². The van der Waals surface area contributed by atoms with Gasteiger partial charge in [-0.15, -0.1) is 0 Å². The van der Waals surface area contributed by atoms with Crippen LogP contribution in [0, 0.1) is 19.8 Å². The fraction of sp³-hybridized carbons (Fsp3) is 0.200. The SMILES string of the molecule is Cc1ccc(N2C(=O)[C@@H]3[C@H](ON(c4ccccc4)[C@H]3c3ccc(Cl)cc3Cl)C2=O)c(C)c1. The summed E-state index contributed by atoms with van der Waals surface area (Å²) in [4.78, 5) is 34.5. The summed E-state index contributed by atoms with van der Waals surface area (Å²) >= 11 is 12.7. The predicted octanol–water partition coefficient (Wildman–Crippen LogP) is 5.66. The Balaban J connectivity index is 1.62. The van der Waals surface area contributed by atoms with Gasteiger partial charge in [0.05, 0.1) is 17.4 Å². The highest BCUT2D eigenvalue weighted by atomic mass is 35.5. The smallest absolute Gasteiger partial charge is 0.266 e. The molecule has 5 nitrogen and oxygen atoms in total. The van der Waals surface area contributed by atoms with Crippen LogP contribution in [0.1, 0.15) is 22.7 Å². The second-order valence-corrected chi connectivity index (χ2v) is 8.97. The molecule has 3 aromatic carbocycles. The lowest BCUT2D eigenvalue weighted by Gasteiger charge is -2.29. The summed E-state index contributed by atoms with van der Waals surface area (Å²) in [6.07, 6.45) is -0.944. The minimum Gasteiger partial charge on any atom is -0.273 e. The van der Waals surface area contributed by atoms with Crippen molar-refractivity contribution < 1.29 is 14.4 Å². The summed E-state index contributed by atoms with van der Waals surface area (Å²) in [5.41, 5.74) is 3.90. The van der Waals surface area contributed by atoms with Crippen molar-refractivity contribution in [2.75, 3.05) is 9.96 Å².